The van der Waals surface area contributed by atoms with Crippen LogP contribution in [0, 0.1) is 0 Å². The first-order chi connectivity index (χ1) is 10.2. The summed E-state index contributed by atoms with van der Waals surface area (Å²) in [5, 5.41) is 0. The SMILES string of the molecule is Nc1ccccc1-c1cc(Oc2ccccc2)ccc1N. The maximum absolute atomic E-state index is 6.07. The second-order valence-electron chi connectivity index (χ2n) is 4.75. The molecule has 0 aliphatic carbocycles. The molecule has 0 fully saturated rings. The summed E-state index contributed by atoms with van der Waals surface area (Å²) in [7, 11) is 0. The Morgan fingerprint density at radius 2 is 1.24 bits per heavy atom. The summed E-state index contributed by atoms with van der Waals surface area (Å²) in [5.74, 6) is 1.52. The summed E-state index contributed by atoms with van der Waals surface area (Å²) in [5.41, 5.74) is 15.3. The Balaban J connectivity index is 1.99. The van der Waals surface area contributed by atoms with E-state index in [-0.39, 0.29) is 0 Å². The Kier molecular flexibility index (Phi) is 3.48. The second-order valence-corrected chi connectivity index (χ2v) is 4.75. The number of benzene rings is 3. The van der Waals surface area contributed by atoms with Crippen LogP contribution in [0.25, 0.3) is 11.1 Å². The molecule has 4 N–H and O–H groups in total. The molecule has 0 bridgehead atoms. The highest BCUT2D eigenvalue weighted by atomic mass is 16.5. The van der Waals surface area contributed by atoms with Crippen molar-refractivity contribution >= 4 is 11.4 Å². The van der Waals surface area contributed by atoms with E-state index in [4.69, 9.17) is 16.2 Å². The van der Waals surface area contributed by atoms with Crippen molar-refractivity contribution in [3.05, 3.63) is 72.8 Å². The first-order valence-corrected chi connectivity index (χ1v) is 6.71. The minimum Gasteiger partial charge on any atom is -0.457 e. The molecule has 21 heavy (non-hydrogen) atoms. The molecule has 3 aromatic rings. The molecule has 0 atom stereocenters. The van der Waals surface area contributed by atoms with Crippen LogP contribution in [0.2, 0.25) is 0 Å². The first kappa shape index (κ1) is 13.1. The average Bonchev–Trinajstić information content (AvgIpc) is 2.51. The van der Waals surface area contributed by atoms with Crippen LogP contribution in [-0.4, -0.2) is 0 Å². The fourth-order valence-electron chi connectivity index (χ4n) is 2.20. The van der Waals surface area contributed by atoms with Gasteiger partial charge in [0, 0.05) is 22.5 Å². The quantitative estimate of drug-likeness (QED) is 0.701. The van der Waals surface area contributed by atoms with Gasteiger partial charge in [0.25, 0.3) is 0 Å². The van der Waals surface area contributed by atoms with Gasteiger partial charge in [-0.1, -0.05) is 36.4 Å². The number of ether oxygens (including phenoxy) is 1. The van der Waals surface area contributed by atoms with E-state index in [9.17, 15) is 0 Å². The van der Waals surface area contributed by atoms with Crippen LogP contribution >= 0.6 is 0 Å². The third kappa shape index (κ3) is 2.82. The summed E-state index contributed by atoms with van der Waals surface area (Å²) < 4.78 is 5.84. The van der Waals surface area contributed by atoms with Crippen LogP contribution in [0.15, 0.2) is 72.8 Å². The van der Waals surface area contributed by atoms with Gasteiger partial charge in [-0.3, -0.25) is 0 Å². The largest absolute Gasteiger partial charge is 0.457 e. The molecule has 0 saturated carbocycles. The standard InChI is InChI=1S/C18H16N2O/c19-17-9-5-4-8-15(17)16-12-14(10-11-18(16)20)21-13-6-2-1-3-7-13/h1-12H,19-20H2. The fraction of sp³-hybridized carbons (Fsp3) is 0. The maximum atomic E-state index is 6.07. The van der Waals surface area contributed by atoms with E-state index in [1.165, 1.54) is 0 Å². The third-order valence-electron chi connectivity index (χ3n) is 3.25. The average molecular weight is 276 g/mol. The Morgan fingerprint density at radius 3 is 2.00 bits per heavy atom. The minimum absolute atomic E-state index is 0.674. The van der Waals surface area contributed by atoms with Gasteiger partial charge in [0.2, 0.25) is 0 Å². The Morgan fingerprint density at radius 1 is 0.571 bits per heavy atom. The topological polar surface area (TPSA) is 61.3 Å². The lowest BCUT2D eigenvalue weighted by Gasteiger charge is -2.12. The number of hydrogen-bond donors (Lipinski definition) is 2. The summed E-state index contributed by atoms with van der Waals surface area (Å²) >= 11 is 0. The smallest absolute Gasteiger partial charge is 0.128 e. The van der Waals surface area contributed by atoms with Gasteiger partial charge in [-0.2, -0.15) is 0 Å². The minimum atomic E-state index is 0.674. The van der Waals surface area contributed by atoms with Gasteiger partial charge in [0.05, 0.1) is 0 Å². The van der Waals surface area contributed by atoms with E-state index < -0.39 is 0 Å². The molecule has 3 rings (SSSR count). The number of rotatable bonds is 3. The van der Waals surface area contributed by atoms with E-state index >= 15 is 0 Å². The van der Waals surface area contributed by atoms with Gasteiger partial charge in [-0.15, -0.1) is 0 Å². The van der Waals surface area contributed by atoms with Crippen LogP contribution < -0.4 is 16.2 Å². The molecule has 0 aliphatic rings. The number of para-hydroxylation sites is 2. The molecule has 104 valence electrons. The lowest BCUT2D eigenvalue weighted by atomic mass is 10.0. The third-order valence-corrected chi connectivity index (χ3v) is 3.25. The van der Waals surface area contributed by atoms with Crippen LogP contribution in [0.5, 0.6) is 11.5 Å². The van der Waals surface area contributed by atoms with E-state index in [1.54, 1.807) is 0 Å². The predicted molar refractivity (Wildman–Crippen MR) is 87.2 cm³/mol. The van der Waals surface area contributed by atoms with Gasteiger partial charge in [-0.05, 0) is 36.4 Å². The molecule has 0 radical (unpaired) electrons. The molecular formula is C18H16N2O. The van der Waals surface area contributed by atoms with Crippen molar-refractivity contribution in [2.45, 2.75) is 0 Å². The van der Waals surface area contributed by atoms with Crippen molar-refractivity contribution in [2.24, 2.45) is 0 Å². The van der Waals surface area contributed by atoms with Gasteiger partial charge in [-0.25, -0.2) is 0 Å². The maximum Gasteiger partial charge on any atom is 0.128 e. The molecule has 0 saturated heterocycles. The van der Waals surface area contributed by atoms with Crippen molar-refractivity contribution in [3.8, 4) is 22.6 Å². The number of nitrogens with two attached hydrogens (primary N) is 2. The zero-order chi connectivity index (χ0) is 14.7. The van der Waals surface area contributed by atoms with Crippen LogP contribution in [0.3, 0.4) is 0 Å². The highest BCUT2D eigenvalue weighted by Crippen LogP contribution is 2.34. The molecule has 0 aromatic heterocycles. The predicted octanol–water partition coefficient (Wildman–Crippen LogP) is 4.31. The van der Waals surface area contributed by atoms with Gasteiger partial charge in [0.1, 0.15) is 11.5 Å². The number of nitrogen functional groups attached to an aromatic ring is 2. The monoisotopic (exact) mass is 276 g/mol. The van der Waals surface area contributed by atoms with Crippen LogP contribution in [0.1, 0.15) is 0 Å². The van der Waals surface area contributed by atoms with E-state index in [0.717, 1.165) is 22.6 Å². The summed E-state index contributed by atoms with van der Waals surface area (Å²) in [6, 6.07) is 22.9. The summed E-state index contributed by atoms with van der Waals surface area (Å²) in [4.78, 5) is 0. The van der Waals surface area contributed by atoms with E-state index in [0.29, 0.717) is 11.4 Å². The van der Waals surface area contributed by atoms with Crippen LogP contribution in [0.4, 0.5) is 11.4 Å². The van der Waals surface area contributed by atoms with Crippen LogP contribution in [-0.2, 0) is 0 Å². The van der Waals surface area contributed by atoms with E-state index in [2.05, 4.69) is 0 Å². The van der Waals surface area contributed by atoms with Crippen molar-refractivity contribution in [1.29, 1.82) is 0 Å². The lowest BCUT2D eigenvalue weighted by Crippen LogP contribution is -1.95. The summed E-state index contributed by atoms with van der Waals surface area (Å²) in [6.45, 7) is 0. The van der Waals surface area contributed by atoms with Gasteiger partial charge < -0.3 is 16.2 Å². The zero-order valence-electron chi connectivity index (χ0n) is 11.5. The molecule has 0 aliphatic heterocycles. The second kappa shape index (κ2) is 5.59. The Hall–Kier alpha value is -2.94. The molecule has 0 amide bonds. The Bertz CT molecular complexity index is 754. The molecule has 3 heteroatoms. The number of hydrogen-bond acceptors (Lipinski definition) is 3. The molecule has 0 spiro atoms. The first-order valence-electron chi connectivity index (χ1n) is 6.71. The highest BCUT2D eigenvalue weighted by Gasteiger charge is 2.08. The lowest BCUT2D eigenvalue weighted by molar-refractivity contribution is 0.483. The van der Waals surface area contributed by atoms with Crippen molar-refractivity contribution in [1.82, 2.24) is 0 Å². The van der Waals surface area contributed by atoms with Gasteiger partial charge >= 0.3 is 0 Å². The number of anilines is 2. The van der Waals surface area contributed by atoms with E-state index in [1.807, 2.05) is 72.8 Å². The van der Waals surface area contributed by atoms with Crippen molar-refractivity contribution < 1.29 is 4.74 Å². The fourth-order valence-corrected chi connectivity index (χ4v) is 2.20. The molecule has 0 unspecified atom stereocenters. The molecule has 3 aromatic carbocycles. The van der Waals surface area contributed by atoms with Crippen molar-refractivity contribution in [3.63, 3.8) is 0 Å². The normalized spacial score (nSPS) is 10.3. The Labute approximate surface area is 123 Å². The molecule has 3 nitrogen and oxygen atoms in total. The molecular weight excluding hydrogens is 260 g/mol. The van der Waals surface area contributed by atoms with Gasteiger partial charge in [0.15, 0.2) is 0 Å². The molecule has 0 heterocycles. The highest BCUT2D eigenvalue weighted by molar-refractivity contribution is 5.84. The van der Waals surface area contributed by atoms with Crippen molar-refractivity contribution in [2.75, 3.05) is 11.5 Å². The zero-order valence-corrected chi connectivity index (χ0v) is 11.5. The summed E-state index contributed by atoms with van der Waals surface area (Å²) in [6.07, 6.45) is 0.